The molecule has 4 N–H and O–H groups in total. The van der Waals surface area contributed by atoms with Gasteiger partial charge in [0.25, 0.3) is 5.91 Å². The number of hydrogen-bond donors (Lipinski definition) is 4. The number of fused-ring (bicyclic) bond motifs is 1. The summed E-state index contributed by atoms with van der Waals surface area (Å²) in [5, 5.41) is 10.00. The van der Waals surface area contributed by atoms with Crippen LogP contribution in [0.5, 0.6) is 0 Å². The monoisotopic (exact) mass is 655 g/mol. The van der Waals surface area contributed by atoms with Gasteiger partial charge in [-0.2, -0.15) is 13.2 Å². The van der Waals surface area contributed by atoms with E-state index in [-0.39, 0.29) is 48.0 Å². The molecule has 2 aliphatic carbocycles. The van der Waals surface area contributed by atoms with Crippen LogP contribution in [0.4, 0.5) is 18.0 Å². The maximum Gasteiger partial charge on any atom is 0.389 e. The molecule has 14 heteroatoms. The van der Waals surface area contributed by atoms with Gasteiger partial charge in [-0.15, -0.1) is 6.58 Å². The van der Waals surface area contributed by atoms with Crippen molar-refractivity contribution >= 4 is 35.3 Å². The molecular weight excluding hydrogens is 607 g/mol. The van der Waals surface area contributed by atoms with Crippen molar-refractivity contribution in [2.24, 2.45) is 34.5 Å². The summed E-state index contributed by atoms with van der Waals surface area (Å²) in [5.41, 5.74) is -1.22. The van der Waals surface area contributed by atoms with Crippen LogP contribution in [0.3, 0.4) is 0 Å². The summed E-state index contributed by atoms with van der Waals surface area (Å²) in [7, 11) is 0. The number of Topliss-reactive ketones (excluding diaryl/α,β-unsaturated/α-hetero) is 2. The number of alkyl halides is 3. The van der Waals surface area contributed by atoms with Gasteiger partial charge in [0.05, 0.1) is 12.1 Å². The average molecular weight is 656 g/mol. The molecule has 3 aliphatic rings. The number of nitrogens with zero attached hydrogens (tertiary/aromatic N) is 1. The van der Waals surface area contributed by atoms with Crippen LogP contribution in [-0.2, 0) is 24.0 Å². The largest absolute Gasteiger partial charge is 0.389 e. The standard InChI is InChI=1S/C32H48F3N5O6/c1-9-14-36-27(44)24(42)19(12-13-32(33,34)35)37-26(43)22-20-18(31(20,7)8)15-40(22)28(45)25(30(4,5)6)39-29(46)38-21(16(2)3)23(41)17-10-11-17/h9,16-22,25H,1,10-15H2,2-8H3,(H,36,44)(H,37,43)(H2,38,39,46)/t18-,19?,20-,21-,22-,25+/m0/s1. The Balaban J connectivity index is 1.84. The second kappa shape index (κ2) is 13.7. The number of carbonyl (C=O) groups excluding carboxylic acids is 6. The van der Waals surface area contributed by atoms with Gasteiger partial charge in [0, 0.05) is 25.4 Å². The van der Waals surface area contributed by atoms with E-state index in [4.69, 9.17) is 0 Å². The topological polar surface area (TPSA) is 154 Å². The van der Waals surface area contributed by atoms with Crippen molar-refractivity contribution < 1.29 is 41.9 Å². The minimum atomic E-state index is -4.65. The van der Waals surface area contributed by atoms with E-state index < -0.39 is 78.1 Å². The van der Waals surface area contributed by atoms with E-state index in [1.807, 2.05) is 27.7 Å². The van der Waals surface area contributed by atoms with Crippen molar-refractivity contribution in [3.05, 3.63) is 12.7 Å². The second-order valence-corrected chi connectivity index (χ2v) is 14.8. The van der Waals surface area contributed by atoms with E-state index in [2.05, 4.69) is 27.8 Å². The first kappa shape index (κ1) is 37.0. The van der Waals surface area contributed by atoms with Crippen LogP contribution in [-0.4, -0.2) is 83.7 Å². The highest BCUT2D eigenvalue weighted by molar-refractivity contribution is 6.38. The fourth-order valence-corrected chi connectivity index (χ4v) is 6.37. The van der Waals surface area contributed by atoms with E-state index in [9.17, 15) is 41.9 Å². The lowest BCUT2D eigenvalue weighted by molar-refractivity contribution is -0.148. The molecule has 1 saturated heterocycles. The van der Waals surface area contributed by atoms with Crippen molar-refractivity contribution in [3.63, 3.8) is 0 Å². The van der Waals surface area contributed by atoms with Gasteiger partial charge < -0.3 is 26.2 Å². The number of urea groups is 1. The summed E-state index contributed by atoms with van der Waals surface area (Å²) < 4.78 is 39.4. The Labute approximate surface area is 268 Å². The molecule has 1 aliphatic heterocycles. The molecule has 0 aromatic carbocycles. The molecule has 0 radical (unpaired) electrons. The lowest BCUT2D eigenvalue weighted by Gasteiger charge is -2.38. The van der Waals surface area contributed by atoms with Gasteiger partial charge in [-0.3, -0.25) is 24.0 Å². The van der Waals surface area contributed by atoms with Gasteiger partial charge in [-0.1, -0.05) is 54.5 Å². The zero-order chi connectivity index (χ0) is 34.9. The number of nitrogens with one attached hydrogen (secondary N) is 4. The molecular formula is C32H48F3N5O6. The van der Waals surface area contributed by atoms with Crippen molar-refractivity contribution in [1.29, 1.82) is 0 Å². The molecule has 46 heavy (non-hydrogen) atoms. The molecule has 1 heterocycles. The first-order valence-electron chi connectivity index (χ1n) is 15.8. The van der Waals surface area contributed by atoms with Crippen molar-refractivity contribution in [2.75, 3.05) is 13.1 Å². The maximum absolute atomic E-state index is 14.1. The Morgan fingerprint density at radius 3 is 2.11 bits per heavy atom. The third kappa shape index (κ3) is 8.67. The summed E-state index contributed by atoms with van der Waals surface area (Å²) in [6, 6.07) is -5.53. The number of ketones is 2. The predicted molar refractivity (Wildman–Crippen MR) is 163 cm³/mol. The average Bonchev–Trinajstić information content (AvgIpc) is 3.82. The first-order valence-corrected chi connectivity index (χ1v) is 15.8. The van der Waals surface area contributed by atoms with Crippen molar-refractivity contribution in [3.8, 4) is 0 Å². The number of likely N-dealkylation sites (tertiary alicyclic amines) is 1. The van der Waals surface area contributed by atoms with Crippen LogP contribution < -0.4 is 21.3 Å². The van der Waals surface area contributed by atoms with Crippen molar-refractivity contribution in [1.82, 2.24) is 26.2 Å². The zero-order valence-corrected chi connectivity index (χ0v) is 27.7. The molecule has 11 nitrogen and oxygen atoms in total. The molecule has 3 rings (SSSR count). The number of hydrogen-bond acceptors (Lipinski definition) is 6. The molecule has 0 bridgehead atoms. The highest BCUT2D eigenvalue weighted by atomic mass is 19.4. The Hall–Kier alpha value is -3.45. The Kier molecular flexibility index (Phi) is 11.0. The fraction of sp³-hybridized carbons (Fsp3) is 0.750. The van der Waals surface area contributed by atoms with Gasteiger partial charge >= 0.3 is 12.2 Å². The molecule has 2 saturated carbocycles. The Morgan fingerprint density at radius 2 is 1.61 bits per heavy atom. The summed E-state index contributed by atoms with van der Waals surface area (Å²) in [6.07, 6.45) is -4.10. The van der Waals surface area contributed by atoms with Crippen LogP contribution in [0.2, 0.25) is 0 Å². The SMILES string of the molecule is C=CCNC(=O)C(=O)C(CCC(F)(F)F)NC(=O)[C@@H]1[C@@H]2[C@H](CN1C(=O)[C@@H](NC(=O)N[C@H](C(=O)C1CC1)C(C)C)C(C)(C)C)C2(C)C. The van der Waals surface area contributed by atoms with Gasteiger partial charge in [-0.05, 0) is 47.8 Å². The smallest absolute Gasteiger partial charge is 0.346 e. The van der Waals surface area contributed by atoms with Crippen LogP contribution in [0.1, 0.15) is 74.1 Å². The molecule has 0 spiro atoms. The maximum atomic E-state index is 14.1. The molecule has 0 aromatic rings. The quantitative estimate of drug-likeness (QED) is 0.167. The lowest BCUT2D eigenvalue weighted by atomic mass is 9.85. The third-order valence-corrected chi connectivity index (χ3v) is 9.37. The minimum Gasteiger partial charge on any atom is -0.346 e. The van der Waals surface area contributed by atoms with E-state index in [1.54, 1.807) is 20.8 Å². The van der Waals surface area contributed by atoms with Gasteiger partial charge in [0.15, 0.2) is 5.78 Å². The van der Waals surface area contributed by atoms with E-state index in [0.717, 1.165) is 12.8 Å². The number of amides is 5. The number of carbonyl (C=O) groups is 6. The summed E-state index contributed by atoms with van der Waals surface area (Å²) in [6.45, 7) is 16.1. The predicted octanol–water partition coefficient (Wildman–Crippen LogP) is 2.89. The Morgan fingerprint density at radius 1 is 1.00 bits per heavy atom. The molecule has 0 aromatic heterocycles. The molecule has 5 amide bonds. The highest BCUT2D eigenvalue weighted by Gasteiger charge is 2.70. The molecule has 258 valence electrons. The summed E-state index contributed by atoms with van der Waals surface area (Å²) in [5.74, 6) is -4.65. The number of piperidine rings is 1. The zero-order valence-electron chi connectivity index (χ0n) is 27.7. The summed E-state index contributed by atoms with van der Waals surface area (Å²) >= 11 is 0. The van der Waals surface area contributed by atoms with Crippen molar-refractivity contribution in [2.45, 2.75) is 104 Å². The number of halogens is 3. The molecule has 3 fully saturated rings. The molecule has 6 atom stereocenters. The lowest BCUT2D eigenvalue weighted by Crippen LogP contribution is -2.62. The van der Waals surface area contributed by atoms with Crippen LogP contribution in [0, 0.1) is 34.5 Å². The first-order chi connectivity index (χ1) is 21.1. The van der Waals surface area contributed by atoms with Gasteiger partial charge in [-0.25, -0.2) is 4.79 Å². The highest BCUT2D eigenvalue weighted by Crippen LogP contribution is 2.65. The summed E-state index contributed by atoms with van der Waals surface area (Å²) in [4.78, 5) is 80.4. The minimum absolute atomic E-state index is 0.0600. The van der Waals surface area contributed by atoms with Crippen LogP contribution in [0.25, 0.3) is 0 Å². The van der Waals surface area contributed by atoms with E-state index >= 15 is 0 Å². The van der Waals surface area contributed by atoms with E-state index in [1.165, 1.54) is 11.0 Å². The van der Waals surface area contributed by atoms with E-state index in [0.29, 0.717) is 0 Å². The fourth-order valence-electron chi connectivity index (χ4n) is 6.37. The normalized spacial score (nSPS) is 23.8. The Bertz CT molecular complexity index is 1240. The molecule has 1 unspecified atom stereocenters. The number of rotatable bonds is 14. The van der Waals surface area contributed by atoms with Crippen LogP contribution >= 0.6 is 0 Å². The van der Waals surface area contributed by atoms with Gasteiger partial charge in [0.2, 0.25) is 17.6 Å². The van der Waals surface area contributed by atoms with Crippen LogP contribution in [0.15, 0.2) is 12.7 Å². The third-order valence-electron chi connectivity index (χ3n) is 9.37. The van der Waals surface area contributed by atoms with Gasteiger partial charge in [0.1, 0.15) is 12.1 Å². The second-order valence-electron chi connectivity index (χ2n) is 14.8.